The van der Waals surface area contributed by atoms with Gasteiger partial charge < -0.3 is 14.7 Å². The minimum Gasteiger partial charge on any atom is -0.481 e. The lowest BCUT2D eigenvalue weighted by Gasteiger charge is -2.31. The van der Waals surface area contributed by atoms with Gasteiger partial charge >= 0.3 is 5.97 Å². The lowest BCUT2D eigenvalue weighted by atomic mass is 9.98. The van der Waals surface area contributed by atoms with Crippen molar-refractivity contribution < 1.29 is 19.0 Å². The van der Waals surface area contributed by atoms with Gasteiger partial charge in [-0.2, -0.15) is 0 Å². The molecule has 0 aliphatic carbocycles. The summed E-state index contributed by atoms with van der Waals surface area (Å²) in [4.78, 5) is 21.4. The molecule has 1 unspecified atom stereocenters. The summed E-state index contributed by atoms with van der Waals surface area (Å²) >= 11 is 3.19. The largest absolute Gasteiger partial charge is 0.481 e. The Hall–Kier alpha value is -2.22. The van der Waals surface area contributed by atoms with Crippen LogP contribution in [-0.4, -0.2) is 34.1 Å². The maximum atomic E-state index is 14.0. The van der Waals surface area contributed by atoms with Crippen LogP contribution in [0.3, 0.4) is 0 Å². The van der Waals surface area contributed by atoms with Crippen LogP contribution in [0, 0.1) is 11.7 Å². The molecule has 1 saturated heterocycles. The minimum atomic E-state index is -0.829. The SMILES string of the molecule is O=C(O)C1CCCN(c2nccnc2Oc2ccc(Br)cc2F)C1. The highest BCUT2D eigenvalue weighted by Gasteiger charge is 2.28. The topological polar surface area (TPSA) is 75.5 Å². The van der Waals surface area contributed by atoms with Crippen LogP contribution < -0.4 is 9.64 Å². The van der Waals surface area contributed by atoms with E-state index in [2.05, 4.69) is 25.9 Å². The highest BCUT2D eigenvalue weighted by molar-refractivity contribution is 9.10. The predicted octanol–water partition coefficient (Wildman–Crippen LogP) is 3.47. The summed E-state index contributed by atoms with van der Waals surface area (Å²) in [5, 5.41) is 9.22. The van der Waals surface area contributed by atoms with Crippen molar-refractivity contribution in [3.05, 3.63) is 40.9 Å². The highest BCUT2D eigenvalue weighted by atomic mass is 79.9. The molecule has 8 heteroatoms. The standard InChI is InChI=1S/C16H15BrFN3O3/c17-11-3-4-13(12(18)8-11)24-15-14(19-5-6-20-15)21-7-1-2-10(9-21)16(22)23/h3-6,8,10H,1-2,7,9H2,(H,22,23). The molecule has 1 aromatic carbocycles. The molecule has 24 heavy (non-hydrogen) atoms. The number of carbonyl (C=O) groups is 1. The van der Waals surface area contributed by atoms with Crippen molar-refractivity contribution in [1.82, 2.24) is 9.97 Å². The molecule has 0 amide bonds. The average molecular weight is 396 g/mol. The van der Waals surface area contributed by atoms with Gasteiger partial charge in [0.1, 0.15) is 0 Å². The first-order valence-corrected chi connectivity index (χ1v) is 8.25. The molecule has 2 aromatic rings. The number of nitrogens with zero attached hydrogens (tertiary/aromatic N) is 3. The van der Waals surface area contributed by atoms with Crippen molar-refractivity contribution in [2.75, 3.05) is 18.0 Å². The second-order valence-corrected chi connectivity index (χ2v) is 6.40. The minimum absolute atomic E-state index is 0.0340. The number of piperidine rings is 1. The first kappa shape index (κ1) is 16.6. The van der Waals surface area contributed by atoms with E-state index >= 15 is 0 Å². The number of aromatic nitrogens is 2. The summed E-state index contributed by atoms with van der Waals surface area (Å²) in [6.45, 7) is 0.981. The predicted molar refractivity (Wildman–Crippen MR) is 88.8 cm³/mol. The van der Waals surface area contributed by atoms with E-state index < -0.39 is 17.7 Å². The van der Waals surface area contributed by atoms with E-state index in [0.717, 1.165) is 6.42 Å². The number of aliphatic carboxylic acids is 1. The van der Waals surface area contributed by atoms with Gasteiger partial charge in [-0.3, -0.25) is 4.79 Å². The first-order valence-electron chi connectivity index (χ1n) is 7.46. The Balaban J connectivity index is 1.86. The van der Waals surface area contributed by atoms with Crippen molar-refractivity contribution in [3.63, 3.8) is 0 Å². The lowest BCUT2D eigenvalue weighted by molar-refractivity contribution is -0.141. The van der Waals surface area contributed by atoms with Crippen LogP contribution in [0.5, 0.6) is 11.6 Å². The zero-order chi connectivity index (χ0) is 17.1. The van der Waals surface area contributed by atoms with Crippen LogP contribution in [0.25, 0.3) is 0 Å². The van der Waals surface area contributed by atoms with E-state index in [1.54, 1.807) is 6.07 Å². The third kappa shape index (κ3) is 3.64. The third-order valence-electron chi connectivity index (χ3n) is 3.82. The lowest BCUT2D eigenvalue weighted by Crippen LogP contribution is -2.39. The van der Waals surface area contributed by atoms with Crippen LogP contribution in [0.15, 0.2) is 35.1 Å². The van der Waals surface area contributed by atoms with E-state index in [-0.39, 0.29) is 11.6 Å². The van der Waals surface area contributed by atoms with Crippen molar-refractivity contribution >= 4 is 27.7 Å². The van der Waals surface area contributed by atoms with Gasteiger partial charge in [0, 0.05) is 30.0 Å². The molecule has 1 aliphatic rings. The van der Waals surface area contributed by atoms with Crippen molar-refractivity contribution in [2.45, 2.75) is 12.8 Å². The van der Waals surface area contributed by atoms with Gasteiger partial charge in [-0.05, 0) is 31.0 Å². The number of benzene rings is 1. The number of halogens is 2. The number of hydrogen-bond donors (Lipinski definition) is 1. The number of anilines is 1. The summed E-state index contributed by atoms with van der Waals surface area (Å²) in [5.41, 5.74) is 0. The van der Waals surface area contributed by atoms with Gasteiger partial charge in [-0.15, -0.1) is 0 Å². The zero-order valence-electron chi connectivity index (χ0n) is 12.7. The molecule has 0 spiro atoms. The number of ether oxygens (including phenoxy) is 1. The van der Waals surface area contributed by atoms with Gasteiger partial charge in [0.05, 0.1) is 5.92 Å². The quantitative estimate of drug-likeness (QED) is 0.853. The van der Waals surface area contributed by atoms with Gasteiger partial charge in [-0.25, -0.2) is 14.4 Å². The van der Waals surface area contributed by atoms with Crippen molar-refractivity contribution in [2.24, 2.45) is 5.92 Å². The molecule has 0 bridgehead atoms. The maximum absolute atomic E-state index is 14.0. The Bertz CT molecular complexity index is 759. The fourth-order valence-electron chi connectivity index (χ4n) is 2.64. The van der Waals surface area contributed by atoms with Gasteiger partial charge in [0.25, 0.3) is 5.88 Å². The molecule has 6 nitrogen and oxygen atoms in total. The van der Waals surface area contributed by atoms with Crippen LogP contribution in [0.2, 0.25) is 0 Å². The summed E-state index contributed by atoms with van der Waals surface area (Å²) in [5.74, 6) is -1.20. The molecule has 0 radical (unpaired) electrons. The van der Waals surface area contributed by atoms with Crippen LogP contribution in [0.1, 0.15) is 12.8 Å². The van der Waals surface area contributed by atoms with E-state index in [0.29, 0.717) is 29.8 Å². The smallest absolute Gasteiger partial charge is 0.308 e. The van der Waals surface area contributed by atoms with Crippen LogP contribution in [0.4, 0.5) is 10.2 Å². The molecule has 0 saturated carbocycles. The number of carboxylic acids is 1. The summed E-state index contributed by atoms with van der Waals surface area (Å²) in [7, 11) is 0. The van der Waals surface area contributed by atoms with E-state index in [1.165, 1.54) is 24.5 Å². The fraction of sp³-hybridized carbons (Fsp3) is 0.312. The Morgan fingerprint density at radius 2 is 2.17 bits per heavy atom. The molecule has 1 aromatic heterocycles. The third-order valence-corrected chi connectivity index (χ3v) is 4.31. The van der Waals surface area contributed by atoms with Gasteiger partial charge in [0.2, 0.25) is 0 Å². The normalized spacial score (nSPS) is 17.6. The monoisotopic (exact) mass is 395 g/mol. The average Bonchev–Trinajstić information content (AvgIpc) is 2.58. The first-order chi connectivity index (χ1) is 11.5. The molecule has 1 atom stereocenters. The molecule has 126 valence electrons. The molecule has 2 heterocycles. The Labute approximate surface area is 146 Å². The summed E-state index contributed by atoms with van der Waals surface area (Å²) < 4.78 is 20.2. The van der Waals surface area contributed by atoms with Gasteiger partial charge in [-0.1, -0.05) is 15.9 Å². The summed E-state index contributed by atoms with van der Waals surface area (Å²) in [6, 6.07) is 4.46. The van der Waals surface area contributed by atoms with Crippen LogP contribution in [-0.2, 0) is 4.79 Å². The zero-order valence-corrected chi connectivity index (χ0v) is 14.2. The van der Waals surface area contributed by atoms with E-state index in [1.807, 2.05) is 4.90 Å². The summed E-state index contributed by atoms with van der Waals surface area (Å²) in [6.07, 6.45) is 4.32. The number of carboxylic acid groups (broad SMARTS) is 1. The van der Waals surface area contributed by atoms with E-state index in [4.69, 9.17) is 4.74 Å². The number of rotatable bonds is 4. The van der Waals surface area contributed by atoms with Crippen LogP contribution >= 0.6 is 15.9 Å². The molecule has 1 fully saturated rings. The number of hydrogen-bond acceptors (Lipinski definition) is 5. The molecule has 1 aliphatic heterocycles. The van der Waals surface area contributed by atoms with Gasteiger partial charge in [0.15, 0.2) is 17.4 Å². The molecule has 3 rings (SSSR count). The van der Waals surface area contributed by atoms with Crippen molar-refractivity contribution in [1.29, 1.82) is 0 Å². The van der Waals surface area contributed by atoms with Crippen molar-refractivity contribution in [3.8, 4) is 11.6 Å². The highest BCUT2D eigenvalue weighted by Crippen LogP contribution is 2.32. The molecular weight excluding hydrogens is 381 g/mol. The second kappa shape index (κ2) is 7.12. The second-order valence-electron chi connectivity index (χ2n) is 5.49. The molecule has 1 N–H and O–H groups in total. The fourth-order valence-corrected chi connectivity index (χ4v) is 2.97. The Morgan fingerprint density at radius 1 is 1.38 bits per heavy atom. The van der Waals surface area contributed by atoms with E-state index in [9.17, 15) is 14.3 Å². The molecular formula is C16H15BrFN3O3. The Morgan fingerprint density at radius 3 is 2.92 bits per heavy atom. The Kier molecular flexibility index (Phi) is 4.94. The maximum Gasteiger partial charge on any atom is 0.308 e.